The summed E-state index contributed by atoms with van der Waals surface area (Å²) in [4.78, 5) is 36.7. The minimum Gasteiger partial charge on any atom is -0.484 e. The van der Waals surface area contributed by atoms with Gasteiger partial charge >= 0.3 is 18.2 Å². The Morgan fingerprint density at radius 2 is 1.84 bits per heavy atom. The van der Waals surface area contributed by atoms with Crippen molar-refractivity contribution in [1.82, 2.24) is 24.3 Å². The lowest BCUT2D eigenvalue weighted by molar-refractivity contribution is -0.153. The van der Waals surface area contributed by atoms with Crippen molar-refractivity contribution in [1.29, 1.82) is 0 Å². The van der Waals surface area contributed by atoms with Crippen molar-refractivity contribution in [2.75, 3.05) is 47.4 Å². The number of hydrogen-bond donors (Lipinski definition) is 0. The number of ether oxygens (including phenoxy) is 2. The van der Waals surface area contributed by atoms with E-state index in [1.54, 1.807) is 43.3 Å². The van der Waals surface area contributed by atoms with Crippen LogP contribution < -0.4 is 4.74 Å². The minimum atomic E-state index is -4.51. The molecule has 2 heterocycles. The highest BCUT2D eigenvalue weighted by molar-refractivity contribution is 7.84. The van der Waals surface area contributed by atoms with Crippen LogP contribution in [0.4, 0.5) is 18.0 Å². The first-order valence-corrected chi connectivity index (χ1v) is 12.7. The molecule has 0 saturated heterocycles. The lowest BCUT2D eigenvalue weighted by Crippen LogP contribution is -2.35. The number of pyridine rings is 1. The Labute approximate surface area is 219 Å². The third-order valence-electron chi connectivity index (χ3n) is 5.30. The summed E-state index contributed by atoms with van der Waals surface area (Å²) in [6.07, 6.45) is -3.24. The van der Waals surface area contributed by atoms with Crippen LogP contribution in [-0.4, -0.2) is 94.2 Å². The Morgan fingerprint density at radius 3 is 2.53 bits per heavy atom. The predicted octanol–water partition coefficient (Wildman–Crippen LogP) is 2.99. The van der Waals surface area contributed by atoms with E-state index in [1.807, 2.05) is 0 Å². The minimum absolute atomic E-state index is 0.0301. The second-order valence-corrected chi connectivity index (χ2v) is 10.0. The molecule has 0 unspecified atom stereocenters. The summed E-state index contributed by atoms with van der Waals surface area (Å²) in [5.74, 6) is -0.676. The zero-order chi connectivity index (χ0) is 28.0. The fourth-order valence-corrected chi connectivity index (χ4v) is 4.67. The maximum atomic E-state index is 13.4. The largest absolute Gasteiger partial charge is 0.484 e. The molecule has 3 aromatic rings. The van der Waals surface area contributed by atoms with Crippen molar-refractivity contribution in [2.24, 2.45) is 0 Å². The number of rotatable bonds is 10. The van der Waals surface area contributed by atoms with E-state index in [0.717, 1.165) is 0 Å². The monoisotopic (exact) mass is 555 g/mol. The highest BCUT2D eigenvalue weighted by Crippen LogP contribution is 2.26. The molecule has 1 amide bonds. The number of halogens is 3. The van der Waals surface area contributed by atoms with Crippen LogP contribution in [-0.2, 0) is 26.1 Å². The zero-order valence-corrected chi connectivity index (χ0v) is 22.1. The lowest BCUT2D eigenvalue weighted by Gasteiger charge is -2.19. The number of benzene rings is 1. The molecule has 1 atom stereocenters. The predicted molar refractivity (Wildman–Crippen MR) is 133 cm³/mol. The maximum absolute atomic E-state index is 13.4. The molecule has 0 saturated carbocycles. The molecule has 3 rings (SSSR count). The third-order valence-corrected chi connectivity index (χ3v) is 6.52. The van der Waals surface area contributed by atoms with Gasteiger partial charge in [0.05, 0.1) is 46.4 Å². The van der Waals surface area contributed by atoms with E-state index in [4.69, 9.17) is 9.47 Å². The molecular weight excluding hydrogens is 527 g/mol. The van der Waals surface area contributed by atoms with Gasteiger partial charge in [0.25, 0.3) is 0 Å². The van der Waals surface area contributed by atoms with Crippen molar-refractivity contribution in [3.05, 3.63) is 47.8 Å². The standard InChI is InChI=1S/C24H28F3N5O5S/c1-16-18(28-10-9-20(16)37-15-24(25,26)27)14-38(35)22-29-17-7-5-6-8-19(17)32(22)23(34)31(4)11-12-36-21(33)13-30(2)3/h5-10H,11-15H2,1-4H3/t38-/m1/s1. The second-order valence-electron chi connectivity index (χ2n) is 8.66. The third kappa shape index (κ3) is 7.51. The molecule has 10 nitrogen and oxygen atoms in total. The van der Waals surface area contributed by atoms with Crippen molar-refractivity contribution in [2.45, 2.75) is 24.0 Å². The van der Waals surface area contributed by atoms with Gasteiger partial charge in [-0.05, 0) is 39.2 Å². The zero-order valence-electron chi connectivity index (χ0n) is 21.3. The molecule has 2 aromatic heterocycles. The maximum Gasteiger partial charge on any atom is 0.422 e. The number of esters is 1. The van der Waals surface area contributed by atoms with E-state index in [0.29, 0.717) is 16.6 Å². The SMILES string of the molecule is Cc1c(OCC(F)(F)F)ccnc1C[S@@](=O)c1nc2ccccc2n1C(=O)N(C)CCOC(=O)CN(C)C. The van der Waals surface area contributed by atoms with Crippen LogP contribution in [0.15, 0.2) is 41.7 Å². The van der Waals surface area contributed by atoms with Crippen LogP contribution >= 0.6 is 0 Å². The van der Waals surface area contributed by atoms with Crippen LogP contribution in [0, 0.1) is 6.92 Å². The van der Waals surface area contributed by atoms with Crippen LogP contribution in [0.2, 0.25) is 0 Å². The van der Waals surface area contributed by atoms with Crippen molar-refractivity contribution in [3.63, 3.8) is 0 Å². The molecular formula is C24H28F3N5O5S. The van der Waals surface area contributed by atoms with Gasteiger partial charge in [0, 0.05) is 18.8 Å². The molecule has 0 aliphatic heterocycles. The topological polar surface area (TPSA) is 107 Å². The van der Waals surface area contributed by atoms with E-state index >= 15 is 0 Å². The first kappa shape index (κ1) is 29.0. The molecule has 0 radical (unpaired) electrons. The Morgan fingerprint density at radius 1 is 1.13 bits per heavy atom. The van der Waals surface area contributed by atoms with Gasteiger partial charge in [-0.1, -0.05) is 12.1 Å². The van der Waals surface area contributed by atoms with Crippen molar-refractivity contribution in [3.8, 4) is 5.75 Å². The van der Waals surface area contributed by atoms with Gasteiger partial charge in [0.15, 0.2) is 6.61 Å². The van der Waals surface area contributed by atoms with Gasteiger partial charge < -0.3 is 14.4 Å². The van der Waals surface area contributed by atoms with Gasteiger partial charge in [0.2, 0.25) is 5.16 Å². The summed E-state index contributed by atoms with van der Waals surface area (Å²) >= 11 is 0. The number of para-hydroxylation sites is 2. The van der Waals surface area contributed by atoms with Crippen LogP contribution in [0.5, 0.6) is 5.75 Å². The number of amides is 1. The summed E-state index contributed by atoms with van der Waals surface area (Å²) in [5.41, 5.74) is 1.40. The van der Waals surface area contributed by atoms with E-state index < -0.39 is 35.6 Å². The molecule has 206 valence electrons. The summed E-state index contributed by atoms with van der Waals surface area (Å²) < 4.78 is 62.5. The molecule has 1 aromatic carbocycles. The number of aromatic nitrogens is 3. The highest BCUT2D eigenvalue weighted by atomic mass is 32.2. The number of hydrogen-bond acceptors (Lipinski definition) is 8. The van der Waals surface area contributed by atoms with Gasteiger partial charge in [-0.15, -0.1) is 0 Å². The normalized spacial score (nSPS) is 12.5. The first-order valence-electron chi connectivity index (χ1n) is 11.4. The van der Waals surface area contributed by atoms with Crippen molar-refractivity contribution >= 4 is 33.8 Å². The molecule has 0 spiro atoms. The van der Waals surface area contributed by atoms with Gasteiger partial charge in [-0.3, -0.25) is 18.9 Å². The average molecular weight is 556 g/mol. The van der Waals surface area contributed by atoms with Crippen molar-refractivity contribution < 1.29 is 36.4 Å². The quantitative estimate of drug-likeness (QED) is 0.352. The van der Waals surface area contributed by atoms with E-state index in [1.165, 1.54) is 35.7 Å². The van der Waals surface area contributed by atoms with Gasteiger partial charge in [-0.25, -0.2) is 14.3 Å². The van der Waals surface area contributed by atoms with Gasteiger partial charge in [-0.2, -0.15) is 13.2 Å². The molecule has 0 aliphatic carbocycles. The fourth-order valence-electron chi connectivity index (χ4n) is 3.42. The van der Waals surface area contributed by atoms with Crippen LogP contribution in [0.1, 0.15) is 11.3 Å². The van der Waals surface area contributed by atoms with E-state index in [9.17, 15) is 27.0 Å². The van der Waals surface area contributed by atoms with Crippen LogP contribution in [0.25, 0.3) is 11.0 Å². The van der Waals surface area contributed by atoms with Gasteiger partial charge in [0.1, 0.15) is 12.4 Å². The summed E-state index contributed by atoms with van der Waals surface area (Å²) in [6.45, 7) is 0.193. The number of fused-ring (bicyclic) bond motifs is 1. The Hall–Kier alpha value is -3.52. The highest BCUT2D eigenvalue weighted by Gasteiger charge is 2.29. The summed E-state index contributed by atoms with van der Waals surface area (Å²) in [7, 11) is 3.06. The number of imidazole rings is 1. The molecule has 0 N–H and O–H groups in total. The number of alkyl halides is 3. The smallest absolute Gasteiger partial charge is 0.422 e. The second kappa shape index (κ2) is 12.3. The lowest BCUT2D eigenvalue weighted by atomic mass is 10.2. The molecule has 0 fully saturated rings. The molecule has 14 heteroatoms. The number of carbonyl (C=O) groups is 2. The van der Waals surface area contributed by atoms with Crippen LogP contribution in [0.3, 0.4) is 0 Å². The Kier molecular flexibility index (Phi) is 9.44. The summed E-state index contributed by atoms with van der Waals surface area (Å²) in [6, 6.07) is 7.50. The Bertz CT molecular complexity index is 1330. The fraction of sp³-hybridized carbons (Fsp3) is 0.417. The molecule has 0 bridgehead atoms. The number of likely N-dealkylation sites (N-methyl/N-ethyl adjacent to an activating group) is 2. The van der Waals surface area contributed by atoms with E-state index in [-0.39, 0.29) is 42.0 Å². The summed E-state index contributed by atoms with van der Waals surface area (Å²) in [5, 5.41) is -0.0459. The first-order chi connectivity index (χ1) is 17.9. The van der Waals surface area contributed by atoms with E-state index in [2.05, 4.69) is 9.97 Å². The average Bonchev–Trinajstić information content (AvgIpc) is 3.22. The Balaban J connectivity index is 1.82. The molecule has 38 heavy (non-hydrogen) atoms. The molecule has 0 aliphatic rings. The number of nitrogens with zero attached hydrogens (tertiary/aromatic N) is 5. The number of carbonyl (C=O) groups excluding carboxylic acids is 2.